The largest absolute Gasteiger partial charge is 0.356 e. The van der Waals surface area contributed by atoms with Gasteiger partial charge in [-0.25, -0.2) is 4.68 Å². The molecule has 0 saturated carbocycles. The van der Waals surface area contributed by atoms with Crippen LogP contribution in [0.5, 0.6) is 0 Å². The molecule has 112 valence electrons. The second-order valence-corrected chi connectivity index (χ2v) is 6.21. The SMILES string of the molecule is Cc1nn(-c2ccccc2)c(N2CCC(C)CC2)c1CCl. The minimum atomic E-state index is 0.514. The quantitative estimate of drug-likeness (QED) is 0.794. The Bertz CT molecular complexity index is 598. The number of aryl methyl sites for hydroxylation is 1. The van der Waals surface area contributed by atoms with Crippen molar-refractivity contribution in [3.8, 4) is 5.69 Å². The van der Waals surface area contributed by atoms with E-state index in [1.165, 1.54) is 18.7 Å². The van der Waals surface area contributed by atoms with E-state index in [1.807, 2.05) is 13.0 Å². The highest BCUT2D eigenvalue weighted by atomic mass is 35.5. The van der Waals surface area contributed by atoms with Gasteiger partial charge in [-0.1, -0.05) is 25.1 Å². The van der Waals surface area contributed by atoms with Crippen LogP contribution in [0.25, 0.3) is 5.69 Å². The number of para-hydroxylation sites is 1. The third kappa shape index (κ3) is 2.80. The van der Waals surface area contributed by atoms with Gasteiger partial charge in [0.25, 0.3) is 0 Å². The van der Waals surface area contributed by atoms with Crippen molar-refractivity contribution in [1.29, 1.82) is 0 Å². The van der Waals surface area contributed by atoms with Crippen LogP contribution in [0.3, 0.4) is 0 Å². The Hall–Kier alpha value is -1.48. The molecule has 0 unspecified atom stereocenters. The van der Waals surface area contributed by atoms with Crippen LogP contribution in [0, 0.1) is 12.8 Å². The third-order valence-electron chi connectivity index (χ3n) is 4.37. The Morgan fingerprint density at radius 2 is 1.86 bits per heavy atom. The van der Waals surface area contributed by atoms with Gasteiger partial charge in [-0.2, -0.15) is 5.10 Å². The molecule has 1 aliphatic heterocycles. The van der Waals surface area contributed by atoms with E-state index in [-0.39, 0.29) is 0 Å². The number of hydrogen-bond donors (Lipinski definition) is 0. The molecule has 1 aromatic carbocycles. The van der Waals surface area contributed by atoms with Crippen molar-refractivity contribution in [3.63, 3.8) is 0 Å². The van der Waals surface area contributed by atoms with Gasteiger partial charge in [-0.3, -0.25) is 0 Å². The summed E-state index contributed by atoms with van der Waals surface area (Å²) in [5, 5.41) is 4.74. The number of alkyl halides is 1. The van der Waals surface area contributed by atoms with Crippen LogP contribution in [0.2, 0.25) is 0 Å². The fraction of sp³-hybridized carbons (Fsp3) is 0.471. The van der Waals surface area contributed by atoms with E-state index in [4.69, 9.17) is 16.7 Å². The maximum atomic E-state index is 6.21. The van der Waals surface area contributed by atoms with E-state index in [0.717, 1.165) is 36.0 Å². The molecule has 2 aromatic rings. The van der Waals surface area contributed by atoms with Gasteiger partial charge in [0.15, 0.2) is 0 Å². The molecule has 1 saturated heterocycles. The molecule has 4 heteroatoms. The molecule has 2 heterocycles. The van der Waals surface area contributed by atoms with Crippen molar-refractivity contribution < 1.29 is 0 Å². The predicted molar refractivity (Wildman–Crippen MR) is 88.5 cm³/mol. The van der Waals surface area contributed by atoms with Gasteiger partial charge in [0.2, 0.25) is 0 Å². The predicted octanol–water partition coefficient (Wildman–Crippen LogP) is 4.16. The average Bonchev–Trinajstić information content (AvgIpc) is 2.85. The molecule has 1 fully saturated rings. The lowest BCUT2D eigenvalue weighted by Crippen LogP contribution is -2.34. The Morgan fingerprint density at radius 1 is 1.19 bits per heavy atom. The summed E-state index contributed by atoms with van der Waals surface area (Å²) >= 11 is 6.21. The molecule has 0 atom stereocenters. The number of piperidine rings is 1. The summed E-state index contributed by atoms with van der Waals surface area (Å²) in [5.74, 6) is 2.51. The summed E-state index contributed by atoms with van der Waals surface area (Å²) in [6, 6.07) is 10.3. The van der Waals surface area contributed by atoms with Crippen molar-refractivity contribution in [2.45, 2.75) is 32.6 Å². The first-order valence-corrected chi connectivity index (χ1v) is 8.19. The topological polar surface area (TPSA) is 21.1 Å². The lowest BCUT2D eigenvalue weighted by atomic mass is 9.99. The van der Waals surface area contributed by atoms with E-state index < -0.39 is 0 Å². The summed E-state index contributed by atoms with van der Waals surface area (Å²) in [6.45, 7) is 6.55. The molecule has 3 rings (SSSR count). The van der Waals surface area contributed by atoms with Crippen LogP contribution in [0.4, 0.5) is 5.82 Å². The van der Waals surface area contributed by atoms with Crippen molar-refractivity contribution >= 4 is 17.4 Å². The smallest absolute Gasteiger partial charge is 0.137 e. The molecule has 1 aromatic heterocycles. The maximum absolute atomic E-state index is 6.21. The maximum Gasteiger partial charge on any atom is 0.137 e. The highest BCUT2D eigenvalue weighted by Gasteiger charge is 2.24. The second kappa shape index (κ2) is 6.10. The fourth-order valence-corrected chi connectivity index (χ4v) is 3.31. The van der Waals surface area contributed by atoms with Crippen LogP contribution >= 0.6 is 11.6 Å². The zero-order chi connectivity index (χ0) is 14.8. The van der Waals surface area contributed by atoms with Gasteiger partial charge < -0.3 is 4.90 Å². The standard InChI is InChI=1S/C17H22ClN3/c1-13-8-10-20(11-9-13)17-16(12-18)14(2)19-21(17)15-6-4-3-5-7-15/h3-7,13H,8-12H2,1-2H3. The highest BCUT2D eigenvalue weighted by molar-refractivity contribution is 6.17. The molecule has 0 N–H and O–H groups in total. The second-order valence-electron chi connectivity index (χ2n) is 5.94. The Morgan fingerprint density at radius 3 is 2.48 bits per heavy atom. The number of anilines is 1. The van der Waals surface area contributed by atoms with E-state index >= 15 is 0 Å². The normalized spacial score (nSPS) is 16.4. The zero-order valence-electron chi connectivity index (χ0n) is 12.7. The molecule has 0 radical (unpaired) electrons. The number of benzene rings is 1. The number of nitrogens with zero attached hydrogens (tertiary/aromatic N) is 3. The van der Waals surface area contributed by atoms with Crippen molar-refractivity contribution in [1.82, 2.24) is 9.78 Å². The summed E-state index contributed by atoms with van der Waals surface area (Å²) in [4.78, 5) is 2.45. The summed E-state index contributed by atoms with van der Waals surface area (Å²) in [6.07, 6.45) is 2.47. The molecule has 0 aliphatic carbocycles. The van der Waals surface area contributed by atoms with E-state index in [0.29, 0.717) is 5.88 Å². The van der Waals surface area contributed by atoms with Gasteiger partial charge in [-0.15, -0.1) is 11.6 Å². The minimum absolute atomic E-state index is 0.514. The monoisotopic (exact) mass is 303 g/mol. The van der Waals surface area contributed by atoms with Crippen molar-refractivity contribution in [2.75, 3.05) is 18.0 Å². The highest BCUT2D eigenvalue weighted by Crippen LogP contribution is 2.31. The molecule has 3 nitrogen and oxygen atoms in total. The van der Waals surface area contributed by atoms with Crippen molar-refractivity contribution in [3.05, 3.63) is 41.6 Å². The van der Waals surface area contributed by atoms with Gasteiger partial charge in [0.05, 0.1) is 17.3 Å². The number of aromatic nitrogens is 2. The first kappa shape index (κ1) is 14.5. The lowest BCUT2D eigenvalue weighted by Gasteiger charge is -2.33. The van der Waals surface area contributed by atoms with E-state index in [1.54, 1.807) is 0 Å². The first-order valence-electron chi connectivity index (χ1n) is 7.65. The van der Waals surface area contributed by atoms with E-state index in [9.17, 15) is 0 Å². The van der Waals surface area contributed by atoms with Gasteiger partial charge in [-0.05, 0) is 37.8 Å². The van der Waals surface area contributed by atoms with Crippen LogP contribution in [-0.2, 0) is 5.88 Å². The van der Waals surface area contributed by atoms with Crippen LogP contribution in [0.1, 0.15) is 31.0 Å². The van der Waals surface area contributed by atoms with E-state index in [2.05, 4.69) is 40.8 Å². The van der Waals surface area contributed by atoms with Crippen LogP contribution in [-0.4, -0.2) is 22.9 Å². The number of rotatable bonds is 3. The molecular formula is C17H22ClN3. The average molecular weight is 304 g/mol. The Kier molecular flexibility index (Phi) is 4.20. The fourth-order valence-electron chi connectivity index (χ4n) is 3.00. The zero-order valence-corrected chi connectivity index (χ0v) is 13.5. The Labute approximate surface area is 131 Å². The van der Waals surface area contributed by atoms with Gasteiger partial charge in [0.1, 0.15) is 5.82 Å². The number of halogens is 1. The molecule has 0 bridgehead atoms. The minimum Gasteiger partial charge on any atom is -0.356 e. The van der Waals surface area contributed by atoms with Gasteiger partial charge in [0, 0.05) is 18.7 Å². The molecule has 0 amide bonds. The van der Waals surface area contributed by atoms with Crippen LogP contribution in [0.15, 0.2) is 30.3 Å². The molecule has 1 aliphatic rings. The molecule has 21 heavy (non-hydrogen) atoms. The van der Waals surface area contributed by atoms with Gasteiger partial charge >= 0.3 is 0 Å². The summed E-state index contributed by atoms with van der Waals surface area (Å²) in [7, 11) is 0. The lowest BCUT2D eigenvalue weighted by molar-refractivity contribution is 0.434. The molecule has 0 spiro atoms. The summed E-state index contributed by atoms with van der Waals surface area (Å²) < 4.78 is 2.06. The summed E-state index contributed by atoms with van der Waals surface area (Å²) in [5.41, 5.74) is 3.29. The van der Waals surface area contributed by atoms with Crippen LogP contribution < -0.4 is 4.90 Å². The third-order valence-corrected chi connectivity index (χ3v) is 4.64. The first-order chi connectivity index (χ1) is 10.2. The Balaban J connectivity index is 2.05. The number of hydrogen-bond acceptors (Lipinski definition) is 2. The molecular weight excluding hydrogens is 282 g/mol. The van der Waals surface area contributed by atoms with Crippen molar-refractivity contribution in [2.24, 2.45) is 5.92 Å².